The smallest absolute Gasteiger partial charge is 0.0346 e. The van der Waals surface area contributed by atoms with Gasteiger partial charge in [0.05, 0.1) is 0 Å². The van der Waals surface area contributed by atoms with Crippen molar-refractivity contribution < 1.29 is 0 Å². The second kappa shape index (κ2) is 5.75. The molecule has 0 amide bonds. The van der Waals surface area contributed by atoms with Gasteiger partial charge in [-0.2, -0.15) is 0 Å². The molecule has 1 aromatic heterocycles. The summed E-state index contributed by atoms with van der Waals surface area (Å²) in [7, 11) is 2.12. The van der Waals surface area contributed by atoms with Crippen LogP contribution in [-0.4, -0.2) is 30.0 Å². The lowest BCUT2D eigenvalue weighted by molar-refractivity contribution is 0.325. The minimum atomic E-state index is 0.748. The number of benzene rings is 1. The van der Waals surface area contributed by atoms with Gasteiger partial charge >= 0.3 is 0 Å². The highest BCUT2D eigenvalue weighted by molar-refractivity contribution is 5.84. The van der Waals surface area contributed by atoms with Gasteiger partial charge in [-0.15, -0.1) is 0 Å². The molecule has 2 N–H and O–H groups in total. The van der Waals surface area contributed by atoms with Crippen LogP contribution in [0, 0.1) is 0 Å². The summed E-state index contributed by atoms with van der Waals surface area (Å²) in [4.78, 5) is 6.58. The first-order valence-electron chi connectivity index (χ1n) is 6.01. The third-order valence-electron chi connectivity index (χ3n) is 2.93. The van der Waals surface area contributed by atoms with Crippen molar-refractivity contribution in [3.63, 3.8) is 0 Å². The van der Waals surface area contributed by atoms with Crippen molar-refractivity contribution in [1.29, 1.82) is 0 Å². The van der Waals surface area contributed by atoms with Crippen LogP contribution in [0.5, 0.6) is 0 Å². The maximum Gasteiger partial charge on any atom is 0.0346 e. The molecule has 0 spiro atoms. The Bertz CT molecular complexity index is 476. The Morgan fingerprint density at radius 1 is 1.24 bits per heavy atom. The van der Waals surface area contributed by atoms with Crippen LogP contribution in [0.25, 0.3) is 10.8 Å². The molecule has 0 saturated heterocycles. The molecule has 0 fully saturated rings. The van der Waals surface area contributed by atoms with Crippen LogP contribution in [0.3, 0.4) is 0 Å². The van der Waals surface area contributed by atoms with E-state index >= 15 is 0 Å². The van der Waals surface area contributed by atoms with E-state index in [4.69, 9.17) is 5.73 Å². The number of pyridine rings is 1. The zero-order valence-corrected chi connectivity index (χ0v) is 10.3. The molecule has 3 nitrogen and oxygen atoms in total. The fourth-order valence-electron chi connectivity index (χ4n) is 2.04. The van der Waals surface area contributed by atoms with Crippen molar-refractivity contribution in [1.82, 2.24) is 9.88 Å². The normalized spacial score (nSPS) is 11.2. The molecular weight excluding hydrogens is 210 g/mol. The fraction of sp³-hybridized carbons (Fsp3) is 0.357. The molecule has 0 atom stereocenters. The predicted octanol–water partition coefficient (Wildman–Crippen LogP) is 2.02. The monoisotopic (exact) mass is 229 g/mol. The van der Waals surface area contributed by atoms with Gasteiger partial charge < -0.3 is 10.6 Å². The largest absolute Gasteiger partial charge is 0.330 e. The van der Waals surface area contributed by atoms with Gasteiger partial charge in [-0.05, 0) is 37.5 Å². The molecule has 3 heteroatoms. The number of fused-ring (bicyclic) bond motifs is 1. The Morgan fingerprint density at radius 2 is 2.06 bits per heavy atom. The summed E-state index contributed by atoms with van der Waals surface area (Å²) in [5.74, 6) is 0. The highest BCUT2D eigenvalue weighted by Gasteiger charge is 2.04. The summed E-state index contributed by atoms with van der Waals surface area (Å²) < 4.78 is 0. The number of aromatic nitrogens is 1. The van der Waals surface area contributed by atoms with Crippen LogP contribution in [-0.2, 0) is 6.54 Å². The summed E-state index contributed by atoms with van der Waals surface area (Å²) >= 11 is 0. The van der Waals surface area contributed by atoms with Crippen molar-refractivity contribution in [2.75, 3.05) is 20.1 Å². The molecule has 0 aliphatic rings. The maximum absolute atomic E-state index is 5.52. The first-order chi connectivity index (χ1) is 8.31. The van der Waals surface area contributed by atoms with Gasteiger partial charge in [-0.3, -0.25) is 4.98 Å². The van der Waals surface area contributed by atoms with E-state index in [1.807, 2.05) is 18.5 Å². The third-order valence-corrected chi connectivity index (χ3v) is 2.93. The molecular formula is C14H19N3. The van der Waals surface area contributed by atoms with Gasteiger partial charge in [0.1, 0.15) is 0 Å². The number of nitrogens with two attached hydrogens (primary N) is 1. The van der Waals surface area contributed by atoms with Crippen molar-refractivity contribution in [2.45, 2.75) is 13.0 Å². The maximum atomic E-state index is 5.52. The van der Waals surface area contributed by atoms with Crippen molar-refractivity contribution in [3.8, 4) is 0 Å². The average Bonchev–Trinajstić information content (AvgIpc) is 2.37. The van der Waals surface area contributed by atoms with Gasteiger partial charge in [0, 0.05) is 24.3 Å². The predicted molar refractivity (Wildman–Crippen MR) is 71.7 cm³/mol. The highest BCUT2D eigenvalue weighted by atomic mass is 15.1. The Morgan fingerprint density at radius 3 is 2.88 bits per heavy atom. The SMILES string of the molecule is CN(CCCN)Cc1cncc2ccccc12. The number of rotatable bonds is 5. The lowest BCUT2D eigenvalue weighted by Crippen LogP contribution is -2.21. The second-order valence-electron chi connectivity index (χ2n) is 4.40. The topological polar surface area (TPSA) is 42.1 Å². The van der Waals surface area contributed by atoms with Crippen molar-refractivity contribution in [3.05, 3.63) is 42.2 Å². The van der Waals surface area contributed by atoms with E-state index in [-0.39, 0.29) is 0 Å². The van der Waals surface area contributed by atoms with E-state index in [0.29, 0.717) is 0 Å². The van der Waals surface area contributed by atoms with E-state index in [9.17, 15) is 0 Å². The molecule has 90 valence electrons. The molecule has 2 rings (SSSR count). The molecule has 17 heavy (non-hydrogen) atoms. The van der Waals surface area contributed by atoms with Crippen LogP contribution >= 0.6 is 0 Å². The zero-order chi connectivity index (χ0) is 12.1. The molecule has 0 unspecified atom stereocenters. The van der Waals surface area contributed by atoms with Crippen LogP contribution in [0.15, 0.2) is 36.7 Å². The number of nitrogens with zero attached hydrogens (tertiary/aromatic N) is 2. The van der Waals surface area contributed by atoms with Crippen molar-refractivity contribution in [2.24, 2.45) is 5.73 Å². The van der Waals surface area contributed by atoms with Crippen LogP contribution in [0.4, 0.5) is 0 Å². The molecule has 1 aromatic carbocycles. The minimum Gasteiger partial charge on any atom is -0.330 e. The molecule has 2 aromatic rings. The molecule has 0 aliphatic heterocycles. The van der Waals surface area contributed by atoms with E-state index in [0.717, 1.165) is 26.1 Å². The van der Waals surface area contributed by atoms with E-state index in [1.54, 1.807) is 0 Å². The lowest BCUT2D eigenvalue weighted by atomic mass is 10.1. The van der Waals surface area contributed by atoms with Gasteiger partial charge in [0.15, 0.2) is 0 Å². The summed E-state index contributed by atoms with van der Waals surface area (Å²) in [5.41, 5.74) is 6.80. The number of hydrogen-bond acceptors (Lipinski definition) is 3. The van der Waals surface area contributed by atoms with Crippen LogP contribution in [0.2, 0.25) is 0 Å². The van der Waals surface area contributed by atoms with Gasteiger partial charge in [-0.1, -0.05) is 24.3 Å². The minimum absolute atomic E-state index is 0.748. The average molecular weight is 229 g/mol. The Hall–Kier alpha value is -1.45. The first-order valence-corrected chi connectivity index (χ1v) is 6.01. The van der Waals surface area contributed by atoms with Crippen LogP contribution in [0.1, 0.15) is 12.0 Å². The first kappa shape index (κ1) is 12.0. The summed E-state index contributed by atoms with van der Waals surface area (Å²) in [6.07, 6.45) is 4.91. The van der Waals surface area contributed by atoms with Crippen LogP contribution < -0.4 is 5.73 Å². The fourth-order valence-corrected chi connectivity index (χ4v) is 2.04. The summed E-state index contributed by atoms with van der Waals surface area (Å²) in [6.45, 7) is 2.70. The van der Waals surface area contributed by atoms with E-state index in [1.165, 1.54) is 16.3 Å². The Labute approximate surface area is 102 Å². The Balaban J connectivity index is 2.18. The van der Waals surface area contributed by atoms with Crippen molar-refractivity contribution >= 4 is 10.8 Å². The highest BCUT2D eigenvalue weighted by Crippen LogP contribution is 2.18. The second-order valence-corrected chi connectivity index (χ2v) is 4.40. The van der Waals surface area contributed by atoms with Gasteiger partial charge in [-0.25, -0.2) is 0 Å². The lowest BCUT2D eigenvalue weighted by Gasteiger charge is -2.17. The third kappa shape index (κ3) is 3.02. The molecule has 0 radical (unpaired) electrons. The zero-order valence-electron chi connectivity index (χ0n) is 10.3. The summed E-state index contributed by atoms with van der Waals surface area (Å²) in [5, 5.41) is 2.50. The molecule has 0 saturated carbocycles. The van der Waals surface area contributed by atoms with Gasteiger partial charge in [0.2, 0.25) is 0 Å². The molecule has 0 aliphatic carbocycles. The molecule has 0 bridgehead atoms. The van der Waals surface area contributed by atoms with E-state index in [2.05, 4.69) is 35.1 Å². The molecule has 1 heterocycles. The van der Waals surface area contributed by atoms with E-state index < -0.39 is 0 Å². The Kier molecular flexibility index (Phi) is 4.07. The summed E-state index contributed by atoms with van der Waals surface area (Å²) in [6, 6.07) is 8.38. The quantitative estimate of drug-likeness (QED) is 0.853. The number of hydrogen-bond donors (Lipinski definition) is 1. The van der Waals surface area contributed by atoms with Gasteiger partial charge in [0.25, 0.3) is 0 Å². The standard InChI is InChI=1S/C14H19N3/c1-17(8-4-7-15)11-13-10-16-9-12-5-2-3-6-14(12)13/h2-3,5-6,9-10H,4,7-8,11,15H2,1H3.